The van der Waals surface area contributed by atoms with E-state index >= 15 is 0 Å². The van der Waals surface area contributed by atoms with E-state index in [2.05, 4.69) is 52.1 Å². The Bertz CT molecular complexity index is 842. The number of aryl methyl sites for hydroxylation is 1. The van der Waals surface area contributed by atoms with Gasteiger partial charge in [-0.1, -0.05) is 44.2 Å². The molecule has 2 aromatic rings. The van der Waals surface area contributed by atoms with Gasteiger partial charge in [0.1, 0.15) is 17.7 Å². The van der Waals surface area contributed by atoms with Gasteiger partial charge < -0.3 is 10.2 Å². The van der Waals surface area contributed by atoms with Gasteiger partial charge in [-0.15, -0.1) is 0 Å². The Morgan fingerprint density at radius 3 is 2.38 bits per heavy atom. The highest BCUT2D eigenvalue weighted by atomic mass is 16.2. The fourth-order valence-electron chi connectivity index (χ4n) is 3.87. The number of hydrogen-bond acceptors (Lipinski definition) is 5. The van der Waals surface area contributed by atoms with Crippen LogP contribution in [0.25, 0.3) is 0 Å². The standard InChI is InChI=1S/C23H31N5O/c1-16(2)22-24-17(3)15-20(26-22)27-11-13-28(14-12-27)21(18-7-5-4-6-8-18)23(29)25-19-9-10-19/h4-8,15-16,19,21H,9-14H2,1-3H3,(H,25,29)/t21-/m1/s1. The van der Waals surface area contributed by atoms with Gasteiger partial charge in [0.25, 0.3) is 0 Å². The summed E-state index contributed by atoms with van der Waals surface area (Å²) >= 11 is 0. The van der Waals surface area contributed by atoms with E-state index in [4.69, 9.17) is 4.98 Å². The number of nitrogens with one attached hydrogen (secondary N) is 1. The summed E-state index contributed by atoms with van der Waals surface area (Å²) in [5.41, 5.74) is 2.08. The number of aromatic nitrogens is 2. The van der Waals surface area contributed by atoms with E-state index in [-0.39, 0.29) is 11.9 Å². The molecule has 0 spiro atoms. The van der Waals surface area contributed by atoms with Crippen LogP contribution in [0.3, 0.4) is 0 Å². The Morgan fingerprint density at radius 2 is 1.76 bits per heavy atom. The molecule has 1 amide bonds. The van der Waals surface area contributed by atoms with E-state index in [9.17, 15) is 4.79 Å². The lowest BCUT2D eigenvalue weighted by molar-refractivity contribution is -0.127. The van der Waals surface area contributed by atoms with Crippen LogP contribution >= 0.6 is 0 Å². The summed E-state index contributed by atoms with van der Waals surface area (Å²) in [5, 5.41) is 3.21. The van der Waals surface area contributed by atoms with Crippen molar-refractivity contribution in [2.45, 2.75) is 51.6 Å². The maximum Gasteiger partial charge on any atom is 0.242 e. The summed E-state index contributed by atoms with van der Waals surface area (Å²) in [4.78, 5) is 27.0. The minimum Gasteiger partial charge on any atom is -0.354 e. The van der Waals surface area contributed by atoms with Gasteiger partial charge in [-0.3, -0.25) is 9.69 Å². The zero-order valence-corrected chi connectivity index (χ0v) is 17.6. The predicted octanol–water partition coefficient (Wildman–Crippen LogP) is 3.05. The van der Waals surface area contributed by atoms with Gasteiger partial charge in [0, 0.05) is 49.9 Å². The van der Waals surface area contributed by atoms with Crippen molar-refractivity contribution in [3.63, 3.8) is 0 Å². The van der Waals surface area contributed by atoms with Crippen LogP contribution in [0.5, 0.6) is 0 Å². The number of amides is 1. The van der Waals surface area contributed by atoms with Crippen LogP contribution in [-0.2, 0) is 4.79 Å². The van der Waals surface area contributed by atoms with Gasteiger partial charge in [0.2, 0.25) is 5.91 Å². The average molecular weight is 394 g/mol. The Labute approximate surface area is 173 Å². The van der Waals surface area contributed by atoms with Gasteiger partial charge in [-0.25, -0.2) is 9.97 Å². The molecular formula is C23H31N5O. The average Bonchev–Trinajstić information content (AvgIpc) is 3.53. The number of carbonyl (C=O) groups excluding carboxylic acids is 1. The number of benzene rings is 1. The molecule has 1 aliphatic carbocycles. The van der Waals surface area contributed by atoms with Crippen LogP contribution in [-0.4, -0.2) is 53.0 Å². The number of rotatable bonds is 6. The highest BCUT2D eigenvalue weighted by Gasteiger charge is 2.34. The molecule has 1 aromatic heterocycles. The number of anilines is 1. The Balaban J connectivity index is 1.48. The fraction of sp³-hybridized carbons (Fsp3) is 0.522. The molecule has 1 saturated carbocycles. The third kappa shape index (κ3) is 4.75. The lowest BCUT2D eigenvalue weighted by Gasteiger charge is -2.39. The normalized spacial score (nSPS) is 18.7. The van der Waals surface area contributed by atoms with Crippen LogP contribution in [0.1, 0.15) is 55.7 Å². The van der Waals surface area contributed by atoms with E-state index in [0.29, 0.717) is 12.0 Å². The van der Waals surface area contributed by atoms with Crippen molar-refractivity contribution >= 4 is 11.7 Å². The molecule has 29 heavy (non-hydrogen) atoms. The van der Waals surface area contributed by atoms with Gasteiger partial charge >= 0.3 is 0 Å². The van der Waals surface area contributed by atoms with E-state index in [1.54, 1.807) is 0 Å². The highest BCUT2D eigenvalue weighted by Crippen LogP contribution is 2.27. The fourth-order valence-corrected chi connectivity index (χ4v) is 3.87. The second kappa shape index (κ2) is 8.49. The molecule has 2 heterocycles. The monoisotopic (exact) mass is 393 g/mol. The molecule has 2 fully saturated rings. The minimum absolute atomic E-state index is 0.132. The first-order chi connectivity index (χ1) is 14.0. The van der Waals surface area contributed by atoms with Crippen LogP contribution < -0.4 is 10.2 Å². The summed E-state index contributed by atoms with van der Waals surface area (Å²) in [5.74, 6) is 2.34. The second-order valence-electron chi connectivity index (χ2n) is 8.50. The third-order valence-corrected chi connectivity index (χ3v) is 5.67. The largest absolute Gasteiger partial charge is 0.354 e. The number of nitrogens with zero attached hydrogens (tertiary/aromatic N) is 4. The van der Waals surface area contributed by atoms with Gasteiger partial charge in [0.15, 0.2) is 0 Å². The van der Waals surface area contributed by atoms with Gasteiger partial charge in [0.05, 0.1) is 0 Å². The lowest BCUT2D eigenvalue weighted by atomic mass is 10.0. The van der Waals surface area contributed by atoms with Crippen LogP contribution in [0, 0.1) is 6.92 Å². The molecule has 6 heteroatoms. The first-order valence-electron chi connectivity index (χ1n) is 10.7. The SMILES string of the molecule is Cc1cc(N2CCN([C@@H](C(=O)NC3CC3)c3ccccc3)CC2)nc(C(C)C)n1. The predicted molar refractivity (Wildman–Crippen MR) is 115 cm³/mol. The molecule has 154 valence electrons. The zero-order valence-electron chi connectivity index (χ0n) is 17.6. The molecule has 1 saturated heterocycles. The number of hydrogen-bond donors (Lipinski definition) is 1. The molecule has 1 N–H and O–H groups in total. The van der Waals surface area contributed by atoms with Crippen molar-refractivity contribution in [1.82, 2.24) is 20.2 Å². The van der Waals surface area contributed by atoms with E-state index in [1.807, 2.05) is 25.1 Å². The van der Waals surface area contributed by atoms with Crippen LogP contribution in [0.2, 0.25) is 0 Å². The molecular weight excluding hydrogens is 362 g/mol. The zero-order chi connectivity index (χ0) is 20.4. The molecule has 1 aliphatic heterocycles. The topological polar surface area (TPSA) is 61.4 Å². The molecule has 2 aliphatic rings. The van der Waals surface area contributed by atoms with Gasteiger partial charge in [-0.2, -0.15) is 0 Å². The van der Waals surface area contributed by atoms with E-state index in [0.717, 1.165) is 61.9 Å². The molecule has 0 radical (unpaired) electrons. The van der Waals surface area contributed by atoms with Crippen molar-refractivity contribution in [2.75, 3.05) is 31.1 Å². The smallest absolute Gasteiger partial charge is 0.242 e. The number of carbonyl (C=O) groups is 1. The summed E-state index contributed by atoms with van der Waals surface area (Å²) in [7, 11) is 0. The molecule has 6 nitrogen and oxygen atoms in total. The van der Waals surface area contributed by atoms with Crippen molar-refractivity contribution in [3.05, 3.63) is 53.5 Å². The Kier molecular flexibility index (Phi) is 5.81. The molecule has 1 aromatic carbocycles. The van der Waals surface area contributed by atoms with Crippen LogP contribution in [0.15, 0.2) is 36.4 Å². The molecule has 4 rings (SSSR count). The van der Waals surface area contributed by atoms with E-state index < -0.39 is 0 Å². The van der Waals surface area contributed by atoms with Crippen molar-refractivity contribution in [3.8, 4) is 0 Å². The van der Waals surface area contributed by atoms with Crippen molar-refractivity contribution in [1.29, 1.82) is 0 Å². The number of piperazine rings is 1. The summed E-state index contributed by atoms with van der Waals surface area (Å²) in [6.45, 7) is 9.65. The molecule has 0 unspecified atom stereocenters. The van der Waals surface area contributed by atoms with Crippen LogP contribution in [0.4, 0.5) is 5.82 Å². The molecule has 0 bridgehead atoms. The summed E-state index contributed by atoms with van der Waals surface area (Å²) in [6, 6.07) is 12.4. The maximum atomic E-state index is 13.0. The molecule has 1 atom stereocenters. The second-order valence-corrected chi connectivity index (χ2v) is 8.50. The maximum absolute atomic E-state index is 13.0. The van der Waals surface area contributed by atoms with Gasteiger partial charge in [-0.05, 0) is 25.3 Å². The third-order valence-electron chi connectivity index (χ3n) is 5.67. The van der Waals surface area contributed by atoms with Crippen molar-refractivity contribution < 1.29 is 4.79 Å². The summed E-state index contributed by atoms with van der Waals surface area (Å²) in [6.07, 6.45) is 2.21. The lowest BCUT2D eigenvalue weighted by Crippen LogP contribution is -2.51. The minimum atomic E-state index is -0.225. The van der Waals surface area contributed by atoms with Crippen molar-refractivity contribution in [2.24, 2.45) is 0 Å². The Hall–Kier alpha value is -2.47. The first-order valence-corrected chi connectivity index (χ1v) is 10.7. The Morgan fingerprint density at radius 1 is 1.07 bits per heavy atom. The quantitative estimate of drug-likeness (QED) is 0.817. The van der Waals surface area contributed by atoms with E-state index in [1.165, 1.54) is 0 Å². The summed E-state index contributed by atoms with van der Waals surface area (Å²) < 4.78 is 0. The highest BCUT2D eigenvalue weighted by molar-refractivity contribution is 5.83. The first kappa shape index (κ1) is 19.8.